The normalized spacial score (nSPS) is 12.0. The molecule has 0 N–H and O–H groups in total. The fourth-order valence-corrected chi connectivity index (χ4v) is 2.47. The van der Waals surface area contributed by atoms with E-state index in [1.165, 1.54) is 5.56 Å². The van der Waals surface area contributed by atoms with Gasteiger partial charge in [-0.25, -0.2) is 9.97 Å². The molecule has 0 aliphatic rings. The second-order valence-corrected chi connectivity index (χ2v) is 5.46. The van der Waals surface area contributed by atoms with E-state index in [2.05, 4.69) is 27.9 Å². The van der Waals surface area contributed by atoms with Crippen LogP contribution in [-0.2, 0) is 6.42 Å². The van der Waals surface area contributed by atoms with E-state index >= 15 is 0 Å². The highest BCUT2D eigenvalue weighted by Crippen LogP contribution is 2.23. The number of nitrogens with zero attached hydrogens (tertiary/aromatic N) is 3. The molecular formula is C16H20ClN3O. The van der Waals surface area contributed by atoms with Crippen LogP contribution in [0.5, 0.6) is 5.75 Å². The highest BCUT2D eigenvalue weighted by molar-refractivity contribution is 6.29. The molecule has 0 saturated heterocycles. The Morgan fingerprint density at radius 3 is 2.67 bits per heavy atom. The van der Waals surface area contributed by atoms with Gasteiger partial charge in [0.05, 0.1) is 7.11 Å². The number of aromatic nitrogens is 2. The lowest BCUT2D eigenvalue weighted by atomic mass is 10.1. The summed E-state index contributed by atoms with van der Waals surface area (Å²) in [5.41, 5.74) is 1.18. The molecule has 2 aromatic rings. The minimum absolute atomic E-state index is 0.256. The van der Waals surface area contributed by atoms with E-state index in [9.17, 15) is 0 Å². The maximum atomic E-state index is 6.01. The molecule has 112 valence electrons. The van der Waals surface area contributed by atoms with Gasteiger partial charge in [-0.3, -0.25) is 0 Å². The smallest absolute Gasteiger partial charge is 0.134 e. The zero-order valence-corrected chi connectivity index (χ0v) is 13.6. The Labute approximate surface area is 130 Å². The van der Waals surface area contributed by atoms with Gasteiger partial charge in [0.1, 0.15) is 22.5 Å². The summed E-state index contributed by atoms with van der Waals surface area (Å²) in [7, 11) is 3.71. The van der Waals surface area contributed by atoms with E-state index in [1.54, 1.807) is 13.2 Å². The van der Waals surface area contributed by atoms with Crippen molar-refractivity contribution in [2.24, 2.45) is 0 Å². The molecule has 0 fully saturated rings. The molecule has 0 radical (unpaired) electrons. The van der Waals surface area contributed by atoms with Crippen molar-refractivity contribution in [3.05, 3.63) is 46.9 Å². The van der Waals surface area contributed by atoms with Crippen LogP contribution in [0.15, 0.2) is 30.3 Å². The number of methoxy groups -OCH3 is 1. The molecule has 1 atom stereocenters. The summed E-state index contributed by atoms with van der Waals surface area (Å²) in [6.45, 7) is 3.99. The van der Waals surface area contributed by atoms with Crippen molar-refractivity contribution in [1.29, 1.82) is 0 Å². The Bertz CT molecular complexity index is 598. The van der Waals surface area contributed by atoms with Crippen molar-refractivity contribution in [3.63, 3.8) is 0 Å². The fraction of sp³-hybridized carbons (Fsp3) is 0.375. The topological polar surface area (TPSA) is 38.2 Å². The maximum absolute atomic E-state index is 6.01. The van der Waals surface area contributed by atoms with E-state index in [1.807, 2.05) is 32.2 Å². The van der Waals surface area contributed by atoms with Crippen molar-refractivity contribution in [1.82, 2.24) is 9.97 Å². The molecule has 0 bridgehead atoms. The summed E-state index contributed by atoms with van der Waals surface area (Å²) in [6.07, 6.45) is 0.862. The van der Waals surface area contributed by atoms with Gasteiger partial charge in [0, 0.05) is 19.2 Å². The number of ether oxygens (including phenoxy) is 1. The highest BCUT2D eigenvalue weighted by Gasteiger charge is 2.15. The Kier molecular flexibility index (Phi) is 5.02. The molecule has 1 aromatic carbocycles. The number of aryl methyl sites for hydroxylation is 1. The summed E-state index contributed by atoms with van der Waals surface area (Å²) in [5, 5.41) is 0.467. The predicted octanol–water partition coefficient (Wildman–Crippen LogP) is 3.51. The van der Waals surface area contributed by atoms with Crippen LogP contribution in [0.1, 0.15) is 18.3 Å². The summed E-state index contributed by atoms with van der Waals surface area (Å²) >= 11 is 6.01. The van der Waals surface area contributed by atoms with Gasteiger partial charge in [-0.2, -0.15) is 0 Å². The maximum Gasteiger partial charge on any atom is 0.134 e. The third-order valence-electron chi connectivity index (χ3n) is 3.52. The Hall–Kier alpha value is -1.81. The number of rotatable bonds is 5. The van der Waals surface area contributed by atoms with Gasteiger partial charge in [-0.1, -0.05) is 29.8 Å². The molecule has 0 spiro atoms. The van der Waals surface area contributed by atoms with Crippen LogP contribution in [0, 0.1) is 6.92 Å². The zero-order chi connectivity index (χ0) is 15.4. The van der Waals surface area contributed by atoms with Crippen molar-refractivity contribution < 1.29 is 4.74 Å². The van der Waals surface area contributed by atoms with Crippen LogP contribution in [0.2, 0.25) is 5.15 Å². The first kappa shape index (κ1) is 15.6. The number of hydrogen-bond donors (Lipinski definition) is 0. The second kappa shape index (κ2) is 6.76. The van der Waals surface area contributed by atoms with Gasteiger partial charge in [0.25, 0.3) is 0 Å². The molecule has 4 nitrogen and oxygen atoms in total. The first-order chi connectivity index (χ1) is 10.0. The van der Waals surface area contributed by atoms with Gasteiger partial charge in [0.15, 0.2) is 0 Å². The molecule has 0 amide bonds. The number of para-hydroxylation sites is 1. The average Bonchev–Trinajstić information content (AvgIpc) is 2.46. The number of likely N-dealkylation sites (N-methyl/N-ethyl adjacent to an activating group) is 1. The highest BCUT2D eigenvalue weighted by atomic mass is 35.5. The van der Waals surface area contributed by atoms with Gasteiger partial charge in [0.2, 0.25) is 0 Å². The Balaban J connectivity index is 2.17. The van der Waals surface area contributed by atoms with Crippen LogP contribution in [-0.4, -0.2) is 30.2 Å². The lowest BCUT2D eigenvalue weighted by Crippen LogP contribution is -2.31. The van der Waals surface area contributed by atoms with Gasteiger partial charge >= 0.3 is 0 Å². The first-order valence-corrected chi connectivity index (χ1v) is 7.25. The van der Waals surface area contributed by atoms with Gasteiger partial charge < -0.3 is 9.64 Å². The van der Waals surface area contributed by atoms with Crippen LogP contribution in [0.4, 0.5) is 5.82 Å². The standard InChI is InChI=1S/C16H20ClN3O/c1-11(9-13-7-5-6-8-14(13)21-4)20(3)16-10-15(17)18-12(2)19-16/h5-8,10-11H,9H2,1-4H3. The van der Waals surface area contributed by atoms with Gasteiger partial charge in [-0.05, 0) is 31.9 Å². The number of anilines is 1. The molecule has 0 aliphatic heterocycles. The Morgan fingerprint density at radius 2 is 2.00 bits per heavy atom. The lowest BCUT2D eigenvalue weighted by Gasteiger charge is -2.26. The molecule has 1 aromatic heterocycles. The van der Waals surface area contributed by atoms with Crippen LogP contribution >= 0.6 is 11.6 Å². The first-order valence-electron chi connectivity index (χ1n) is 6.87. The van der Waals surface area contributed by atoms with Crippen LogP contribution < -0.4 is 9.64 Å². The molecule has 0 saturated carbocycles. The van der Waals surface area contributed by atoms with E-state index in [4.69, 9.17) is 16.3 Å². The lowest BCUT2D eigenvalue weighted by molar-refractivity contribution is 0.408. The molecule has 1 unspecified atom stereocenters. The Morgan fingerprint density at radius 1 is 1.29 bits per heavy atom. The SMILES string of the molecule is COc1ccccc1CC(C)N(C)c1cc(Cl)nc(C)n1. The van der Waals surface area contributed by atoms with Crippen LogP contribution in [0.25, 0.3) is 0 Å². The third-order valence-corrected chi connectivity index (χ3v) is 3.72. The number of halogens is 1. The van der Waals surface area contributed by atoms with E-state index < -0.39 is 0 Å². The minimum atomic E-state index is 0.256. The van der Waals surface area contributed by atoms with Crippen molar-refractivity contribution in [2.45, 2.75) is 26.3 Å². The molecule has 21 heavy (non-hydrogen) atoms. The molecule has 1 heterocycles. The quantitative estimate of drug-likeness (QED) is 0.792. The van der Waals surface area contributed by atoms with E-state index in [0.29, 0.717) is 11.0 Å². The molecule has 2 rings (SSSR count). The van der Waals surface area contributed by atoms with Crippen molar-refractivity contribution in [3.8, 4) is 5.75 Å². The summed E-state index contributed by atoms with van der Waals surface area (Å²) < 4.78 is 5.40. The monoisotopic (exact) mass is 305 g/mol. The summed E-state index contributed by atoms with van der Waals surface area (Å²) in [4.78, 5) is 10.6. The summed E-state index contributed by atoms with van der Waals surface area (Å²) in [6, 6.07) is 10.1. The van der Waals surface area contributed by atoms with E-state index in [0.717, 1.165) is 18.0 Å². The largest absolute Gasteiger partial charge is 0.496 e. The van der Waals surface area contributed by atoms with Crippen molar-refractivity contribution in [2.75, 3.05) is 19.1 Å². The fourth-order valence-electron chi connectivity index (χ4n) is 2.25. The molecule has 5 heteroatoms. The average molecular weight is 306 g/mol. The summed E-state index contributed by atoms with van der Waals surface area (Å²) in [5.74, 6) is 2.42. The van der Waals surface area contributed by atoms with Gasteiger partial charge in [-0.15, -0.1) is 0 Å². The van der Waals surface area contributed by atoms with E-state index in [-0.39, 0.29) is 6.04 Å². The molecular weight excluding hydrogens is 286 g/mol. The third kappa shape index (κ3) is 3.85. The number of benzene rings is 1. The molecule has 0 aliphatic carbocycles. The van der Waals surface area contributed by atoms with Crippen LogP contribution in [0.3, 0.4) is 0 Å². The second-order valence-electron chi connectivity index (χ2n) is 5.07. The number of hydrogen-bond acceptors (Lipinski definition) is 4. The zero-order valence-electron chi connectivity index (χ0n) is 12.8. The van der Waals surface area contributed by atoms with Crippen molar-refractivity contribution >= 4 is 17.4 Å². The minimum Gasteiger partial charge on any atom is -0.496 e. The predicted molar refractivity (Wildman–Crippen MR) is 86.3 cm³/mol.